The number of nitrogens with zero attached hydrogens (tertiary/aromatic N) is 1. The number of carbonyl (C=O) groups is 2. The average molecular weight is 319 g/mol. The van der Waals surface area contributed by atoms with Crippen LogP contribution < -0.4 is 15.4 Å². The van der Waals surface area contributed by atoms with E-state index < -0.39 is 0 Å². The van der Waals surface area contributed by atoms with E-state index in [2.05, 4.69) is 10.6 Å². The zero-order valence-electron chi connectivity index (χ0n) is 14.0. The van der Waals surface area contributed by atoms with Gasteiger partial charge in [-0.15, -0.1) is 0 Å². The van der Waals surface area contributed by atoms with Gasteiger partial charge in [0.1, 0.15) is 5.75 Å². The van der Waals surface area contributed by atoms with Gasteiger partial charge in [-0.05, 0) is 50.5 Å². The number of nitrogens with one attached hydrogen (secondary N) is 2. The van der Waals surface area contributed by atoms with Crippen LogP contribution in [-0.4, -0.2) is 43.6 Å². The molecule has 1 fully saturated rings. The molecule has 0 aromatic heterocycles. The fourth-order valence-electron chi connectivity index (χ4n) is 2.78. The number of amides is 3. The number of likely N-dealkylation sites (tertiary alicyclic amines) is 1. The first kappa shape index (κ1) is 17.1. The van der Waals surface area contributed by atoms with Crippen LogP contribution in [0.15, 0.2) is 18.2 Å². The number of hydrogen-bond donors (Lipinski definition) is 2. The number of benzene rings is 1. The Balaban J connectivity index is 1.91. The second-order valence-electron chi connectivity index (χ2n) is 5.72. The van der Waals surface area contributed by atoms with Crippen LogP contribution in [0, 0.1) is 12.8 Å². The number of carbonyl (C=O) groups excluding carboxylic acids is 2. The predicted molar refractivity (Wildman–Crippen MR) is 89.7 cm³/mol. The molecule has 0 radical (unpaired) electrons. The molecule has 2 N–H and O–H groups in total. The second-order valence-corrected chi connectivity index (χ2v) is 5.72. The van der Waals surface area contributed by atoms with Gasteiger partial charge in [0.05, 0.1) is 6.61 Å². The zero-order chi connectivity index (χ0) is 16.8. The lowest BCUT2D eigenvalue weighted by Crippen LogP contribution is -2.44. The number of rotatable bonds is 4. The fraction of sp³-hybridized carbons (Fsp3) is 0.529. The molecule has 2 rings (SSSR count). The molecule has 0 saturated carbocycles. The normalized spacial score (nSPS) is 15.2. The summed E-state index contributed by atoms with van der Waals surface area (Å²) in [7, 11) is 1.65. The standard InChI is InChI=1S/C17H25N3O3/c1-4-23-14-5-6-15(12(2)11-14)19-17(22)20-9-7-13(8-10-20)16(21)18-3/h5-6,11,13H,4,7-10H2,1-3H3,(H,18,21)(H,19,22). The van der Waals surface area contributed by atoms with Crippen molar-refractivity contribution in [1.82, 2.24) is 10.2 Å². The molecule has 0 spiro atoms. The molecular weight excluding hydrogens is 294 g/mol. The van der Waals surface area contributed by atoms with E-state index in [1.54, 1.807) is 11.9 Å². The molecule has 1 aromatic rings. The molecule has 6 heteroatoms. The van der Waals surface area contributed by atoms with Crippen molar-refractivity contribution in [3.8, 4) is 5.75 Å². The minimum Gasteiger partial charge on any atom is -0.494 e. The predicted octanol–water partition coefficient (Wildman–Crippen LogP) is 2.38. The quantitative estimate of drug-likeness (QED) is 0.895. The maximum atomic E-state index is 12.4. The van der Waals surface area contributed by atoms with Gasteiger partial charge in [0.25, 0.3) is 0 Å². The minimum absolute atomic E-state index is 0.0104. The highest BCUT2D eigenvalue weighted by molar-refractivity contribution is 5.90. The van der Waals surface area contributed by atoms with Gasteiger partial charge in [-0.3, -0.25) is 4.79 Å². The van der Waals surface area contributed by atoms with Crippen LogP contribution in [0.25, 0.3) is 0 Å². The Morgan fingerprint density at radius 1 is 1.30 bits per heavy atom. The molecule has 3 amide bonds. The molecule has 6 nitrogen and oxygen atoms in total. The van der Waals surface area contributed by atoms with Crippen LogP contribution in [0.1, 0.15) is 25.3 Å². The summed E-state index contributed by atoms with van der Waals surface area (Å²) < 4.78 is 5.45. The summed E-state index contributed by atoms with van der Waals surface area (Å²) in [4.78, 5) is 25.7. The maximum absolute atomic E-state index is 12.4. The topological polar surface area (TPSA) is 70.7 Å². The van der Waals surface area contributed by atoms with Gasteiger partial charge >= 0.3 is 6.03 Å². The van der Waals surface area contributed by atoms with Gasteiger partial charge in [0.15, 0.2) is 0 Å². The molecule has 1 aromatic carbocycles. The number of aryl methyl sites for hydroxylation is 1. The lowest BCUT2D eigenvalue weighted by Gasteiger charge is -2.31. The Hall–Kier alpha value is -2.24. The summed E-state index contributed by atoms with van der Waals surface area (Å²) in [5.41, 5.74) is 1.75. The van der Waals surface area contributed by atoms with Crippen molar-refractivity contribution in [3.63, 3.8) is 0 Å². The third kappa shape index (κ3) is 4.37. The highest BCUT2D eigenvalue weighted by Gasteiger charge is 2.26. The van der Waals surface area contributed by atoms with Crippen LogP contribution in [0.2, 0.25) is 0 Å². The average Bonchev–Trinajstić information content (AvgIpc) is 2.57. The largest absolute Gasteiger partial charge is 0.494 e. The van der Waals surface area contributed by atoms with Gasteiger partial charge < -0.3 is 20.3 Å². The number of ether oxygens (including phenoxy) is 1. The van der Waals surface area contributed by atoms with Gasteiger partial charge in [-0.1, -0.05) is 0 Å². The van der Waals surface area contributed by atoms with E-state index in [1.807, 2.05) is 32.0 Å². The fourth-order valence-corrected chi connectivity index (χ4v) is 2.78. The van der Waals surface area contributed by atoms with Crippen molar-refractivity contribution in [2.24, 2.45) is 5.92 Å². The third-order valence-electron chi connectivity index (χ3n) is 4.15. The van der Waals surface area contributed by atoms with Crippen LogP contribution in [-0.2, 0) is 4.79 Å². The lowest BCUT2D eigenvalue weighted by molar-refractivity contribution is -0.125. The SMILES string of the molecule is CCOc1ccc(NC(=O)N2CCC(C(=O)NC)CC2)c(C)c1. The lowest BCUT2D eigenvalue weighted by atomic mass is 9.96. The molecule has 0 atom stereocenters. The first-order chi connectivity index (χ1) is 11.0. The monoisotopic (exact) mass is 319 g/mol. The van der Waals surface area contributed by atoms with E-state index in [4.69, 9.17) is 4.74 Å². The number of urea groups is 1. The van der Waals surface area contributed by atoms with Crippen molar-refractivity contribution < 1.29 is 14.3 Å². The molecule has 0 aliphatic carbocycles. The van der Waals surface area contributed by atoms with Crippen molar-refractivity contribution in [1.29, 1.82) is 0 Å². The Kier molecular flexibility index (Phi) is 5.84. The van der Waals surface area contributed by atoms with Gasteiger partial charge in [-0.2, -0.15) is 0 Å². The summed E-state index contributed by atoms with van der Waals surface area (Å²) in [5.74, 6) is 0.873. The molecular formula is C17H25N3O3. The maximum Gasteiger partial charge on any atom is 0.321 e. The highest BCUT2D eigenvalue weighted by atomic mass is 16.5. The van der Waals surface area contributed by atoms with Crippen molar-refractivity contribution in [2.75, 3.05) is 32.1 Å². The van der Waals surface area contributed by atoms with Crippen LogP contribution in [0.3, 0.4) is 0 Å². The van der Waals surface area contributed by atoms with Crippen molar-refractivity contribution in [2.45, 2.75) is 26.7 Å². The van der Waals surface area contributed by atoms with E-state index in [-0.39, 0.29) is 17.9 Å². The van der Waals surface area contributed by atoms with Crippen molar-refractivity contribution in [3.05, 3.63) is 23.8 Å². The van der Waals surface area contributed by atoms with Crippen LogP contribution in [0.5, 0.6) is 5.75 Å². The second kappa shape index (κ2) is 7.85. The number of piperidine rings is 1. The Bertz CT molecular complexity index is 566. The van der Waals surface area contributed by atoms with Gasteiger partial charge in [-0.25, -0.2) is 4.79 Å². The van der Waals surface area contributed by atoms with E-state index >= 15 is 0 Å². The Morgan fingerprint density at radius 3 is 2.57 bits per heavy atom. The van der Waals surface area contributed by atoms with E-state index in [0.717, 1.165) is 17.0 Å². The van der Waals surface area contributed by atoms with E-state index in [0.29, 0.717) is 32.5 Å². The zero-order valence-corrected chi connectivity index (χ0v) is 14.0. The molecule has 1 aliphatic heterocycles. The first-order valence-electron chi connectivity index (χ1n) is 8.06. The summed E-state index contributed by atoms with van der Waals surface area (Å²) in [5, 5.41) is 5.61. The Morgan fingerprint density at radius 2 is 2.00 bits per heavy atom. The molecule has 23 heavy (non-hydrogen) atoms. The number of anilines is 1. The van der Waals surface area contributed by atoms with Gasteiger partial charge in [0.2, 0.25) is 5.91 Å². The summed E-state index contributed by atoms with van der Waals surface area (Å²) in [6.07, 6.45) is 1.41. The summed E-state index contributed by atoms with van der Waals surface area (Å²) in [6, 6.07) is 5.50. The molecule has 1 aliphatic rings. The van der Waals surface area contributed by atoms with Crippen LogP contribution in [0.4, 0.5) is 10.5 Å². The van der Waals surface area contributed by atoms with Gasteiger partial charge in [0, 0.05) is 31.7 Å². The first-order valence-corrected chi connectivity index (χ1v) is 8.06. The number of hydrogen-bond acceptors (Lipinski definition) is 3. The molecule has 1 heterocycles. The summed E-state index contributed by atoms with van der Waals surface area (Å²) >= 11 is 0. The highest BCUT2D eigenvalue weighted by Crippen LogP contribution is 2.23. The van der Waals surface area contributed by atoms with Crippen molar-refractivity contribution >= 4 is 17.6 Å². The van der Waals surface area contributed by atoms with Crippen LogP contribution >= 0.6 is 0 Å². The molecule has 0 unspecified atom stereocenters. The third-order valence-corrected chi connectivity index (χ3v) is 4.15. The summed E-state index contributed by atoms with van der Waals surface area (Å²) in [6.45, 7) is 5.69. The molecule has 0 bridgehead atoms. The van der Waals surface area contributed by atoms with E-state index in [9.17, 15) is 9.59 Å². The van der Waals surface area contributed by atoms with E-state index in [1.165, 1.54) is 0 Å². The minimum atomic E-state index is -0.118. The molecule has 126 valence electrons. The Labute approximate surface area is 137 Å². The smallest absolute Gasteiger partial charge is 0.321 e. The molecule has 1 saturated heterocycles.